The lowest BCUT2D eigenvalue weighted by Gasteiger charge is -2.27. The molecule has 1 aromatic heterocycles. The Bertz CT molecular complexity index is 632. The monoisotopic (exact) mass is 302 g/mol. The second kappa shape index (κ2) is 4.65. The third-order valence-electron chi connectivity index (χ3n) is 3.82. The van der Waals surface area contributed by atoms with E-state index in [-0.39, 0.29) is 17.9 Å². The Kier molecular flexibility index (Phi) is 3.35. The molecule has 1 fully saturated rings. The molecule has 1 aliphatic rings. The van der Waals surface area contributed by atoms with E-state index >= 15 is 0 Å². The van der Waals surface area contributed by atoms with Crippen molar-refractivity contribution in [1.29, 1.82) is 5.26 Å². The lowest BCUT2D eigenvalue weighted by Crippen LogP contribution is -2.47. The van der Waals surface area contributed by atoms with Gasteiger partial charge >= 0.3 is 12.1 Å². The quantitative estimate of drug-likeness (QED) is 0.894. The van der Waals surface area contributed by atoms with E-state index in [9.17, 15) is 18.0 Å². The maximum absolute atomic E-state index is 13.1. The molecular weight excluding hydrogens is 289 g/mol. The van der Waals surface area contributed by atoms with Gasteiger partial charge in [0.1, 0.15) is 17.5 Å². The minimum atomic E-state index is -4.85. The van der Waals surface area contributed by atoms with Crippen molar-refractivity contribution in [1.82, 2.24) is 9.78 Å². The maximum Gasteiger partial charge on any atom is 0.406 e. The van der Waals surface area contributed by atoms with E-state index < -0.39 is 30.5 Å². The Morgan fingerprint density at radius 2 is 2.14 bits per heavy atom. The second-order valence-corrected chi connectivity index (χ2v) is 5.08. The van der Waals surface area contributed by atoms with Crippen LogP contribution in [0.3, 0.4) is 0 Å². The molecule has 1 N–H and O–H groups in total. The Balaban J connectivity index is 2.44. The fraction of sp³-hybridized carbons (Fsp3) is 0.583. The number of carboxylic acid groups (broad SMARTS) is 1. The van der Waals surface area contributed by atoms with Crippen molar-refractivity contribution < 1.29 is 23.1 Å². The van der Waals surface area contributed by atoms with E-state index in [2.05, 4.69) is 5.10 Å². The van der Waals surface area contributed by atoms with E-state index in [1.807, 2.05) is 6.07 Å². The zero-order valence-electron chi connectivity index (χ0n) is 11.4. The number of anilines is 1. The number of carbonyl (C=O) groups is 1. The van der Waals surface area contributed by atoms with Crippen LogP contribution in [0.25, 0.3) is 0 Å². The number of rotatable bonds is 2. The first-order valence-electron chi connectivity index (χ1n) is 6.13. The van der Waals surface area contributed by atoms with Crippen LogP contribution >= 0.6 is 0 Å². The van der Waals surface area contributed by atoms with Gasteiger partial charge in [-0.05, 0) is 13.3 Å². The minimum Gasteiger partial charge on any atom is -0.481 e. The minimum absolute atomic E-state index is 0.0978. The molecule has 21 heavy (non-hydrogen) atoms. The summed E-state index contributed by atoms with van der Waals surface area (Å²) in [7, 11) is 1.51. The van der Waals surface area contributed by atoms with Gasteiger partial charge in [0.2, 0.25) is 0 Å². The number of nitrogens with zero attached hydrogens (tertiary/aromatic N) is 4. The Hall–Kier alpha value is -2.24. The van der Waals surface area contributed by atoms with Gasteiger partial charge in [-0.2, -0.15) is 23.5 Å². The molecule has 0 spiro atoms. The van der Waals surface area contributed by atoms with Gasteiger partial charge in [0.25, 0.3) is 0 Å². The highest BCUT2D eigenvalue weighted by Crippen LogP contribution is 2.47. The van der Waals surface area contributed by atoms with E-state index in [4.69, 9.17) is 10.4 Å². The molecule has 0 aromatic carbocycles. The van der Waals surface area contributed by atoms with Crippen LogP contribution in [0.1, 0.15) is 17.7 Å². The highest BCUT2D eigenvalue weighted by atomic mass is 19.4. The van der Waals surface area contributed by atoms with Gasteiger partial charge in [-0.25, -0.2) is 0 Å². The smallest absolute Gasteiger partial charge is 0.406 e. The predicted octanol–water partition coefficient (Wildman–Crippen LogP) is 1.44. The van der Waals surface area contributed by atoms with Gasteiger partial charge < -0.3 is 10.0 Å². The Morgan fingerprint density at radius 1 is 1.52 bits per heavy atom. The summed E-state index contributed by atoms with van der Waals surface area (Å²) in [6, 6.07) is 1.90. The molecule has 0 radical (unpaired) electrons. The first kappa shape index (κ1) is 15.2. The fourth-order valence-corrected chi connectivity index (χ4v) is 2.66. The molecule has 1 atom stereocenters. The third-order valence-corrected chi connectivity index (χ3v) is 3.82. The molecule has 114 valence electrons. The summed E-state index contributed by atoms with van der Waals surface area (Å²) < 4.78 is 40.8. The molecule has 1 aliphatic heterocycles. The van der Waals surface area contributed by atoms with Gasteiger partial charge in [0.05, 0.1) is 5.69 Å². The van der Waals surface area contributed by atoms with Gasteiger partial charge in [0, 0.05) is 20.1 Å². The lowest BCUT2D eigenvalue weighted by molar-refractivity contribution is -0.225. The van der Waals surface area contributed by atoms with Gasteiger partial charge in [-0.3, -0.25) is 9.48 Å². The number of aliphatic carboxylic acids is 1. The number of carboxylic acids is 1. The van der Waals surface area contributed by atoms with E-state index in [1.54, 1.807) is 6.92 Å². The van der Waals surface area contributed by atoms with Crippen molar-refractivity contribution in [3.8, 4) is 6.07 Å². The summed E-state index contributed by atoms with van der Waals surface area (Å²) >= 11 is 0. The second-order valence-electron chi connectivity index (χ2n) is 5.08. The van der Waals surface area contributed by atoms with E-state index in [0.29, 0.717) is 5.69 Å². The summed E-state index contributed by atoms with van der Waals surface area (Å²) in [5.74, 6) is -1.67. The molecule has 0 bridgehead atoms. The molecule has 0 aliphatic carbocycles. The van der Waals surface area contributed by atoms with Crippen molar-refractivity contribution >= 4 is 11.8 Å². The standard InChI is InChI=1S/C12H13F3N4O2/c1-7-8(5-16)9(18(2)17-7)19-4-3-11(6-19,10(20)21)12(13,14)15/h3-4,6H2,1-2H3,(H,20,21). The maximum atomic E-state index is 13.1. The van der Waals surface area contributed by atoms with Crippen molar-refractivity contribution in [3.05, 3.63) is 11.3 Å². The van der Waals surface area contributed by atoms with Crippen LogP contribution < -0.4 is 4.90 Å². The number of halogens is 3. The highest BCUT2D eigenvalue weighted by Gasteiger charge is 2.64. The summed E-state index contributed by atoms with van der Waals surface area (Å²) in [4.78, 5) is 12.4. The van der Waals surface area contributed by atoms with Crippen molar-refractivity contribution in [2.75, 3.05) is 18.0 Å². The predicted molar refractivity (Wildman–Crippen MR) is 65.6 cm³/mol. The molecule has 1 unspecified atom stereocenters. The first-order chi connectivity index (χ1) is 9.64. The summed E-state index contributed by atoms with van der Waals surface area (Å²) in [6.45, 7) is 0.755. The topological polar surface area (TPSA) is 82.2 Å². The third kappa shape index (κ3) is 2.11. The summed E-state index contributed by atoms with van der Waals surface area (Å²) in [5, 5.41) is 22.1. The molecule has 6 nitrogen and oxygen atoms in total. The molecular formula is C12H13F3N4O2. The number of aromatic nitrogens is 2. The van der Waals surface area contributed by atoms with Crippen LogP contribution in [-0.2, 0) is 11.8 Å². The average Bonchev–Trinajstić information content (AvgIpc) is 2.90. The number of hydrogen-bond donors (Lipinski definition) is 1. The van der Waals surface area contributed by atoms with Crippen LogP contribution in [-0.4, -0.2) is 40.1 Å². The number of hydrogen-bond acceptors (Lipinski definition) is 4. The van der Waals surface area contributed by atoms with Gasteiger partial charge in [-0.1, -0.05) is 0 Å². The summed E-state index contributed by atoms with van der Waals surface area (Å²) in [6.07, 6.45) is -5.41. The molecule has 2 rings (SSSR count). The van der Waals surface area contributed by atoms with Crippen molar-refractivity contribution in [2.24, 2.45) is 12.5 Å². The number of alkyl halides is 3. The van der Waals surface area contributed by atoms with Crippen LogP contribution in [0.2, 0.25) is 0 Å². The molecule has 2 heterocycles. The fourth-order valence-electron chi connectivity index (χ4n) is 2.66. The first-order valence-corrected chi connectivity index (χ1v) is 6.13. The zero-order chi connectivity index (χ0) is 16.0. The molecule has 1 aromatic rings. The number of aryl methyl sites for hydroxylation is 2. The van der Waals surface area contributed by atoms with E-state index in [1.165, 1.54) is 16.6 Å². The van der Waals surface area contributed by atoms with Crippen LogP contribution in [0.15, 0.2) is 0 Å². The molecule has 0 saturated carbocycles. The number of nitriles is 1. The average molecular weight is 302 g/mol. The Morgan fingerprint density at radius 3 is 2.57 bits per heavy atom. The van der Waals surface area contributed by atoms with Gasteiger partial charge in [-0.15, -0.1) is 0 Å². The zero-order valence-corrected chi connectivity index (χ0v) is 11.4. The van der Waals surface area contributed by atoms with Crippen molar-refractivity contribution in [2.45, 2.75) is 19.5 Å². The molecule has 0 amide bonds. The normalized spacial score (nSPS) is 22.4. The van der Waals surface area contributed by atoms with Crippen molar-refractivity contribution in [3.63, 3.8) is 0 Å². The Labute approximate surface area is 118 Å². The van der Waals surface area contributed by atoms with Crippen LogP contribution in [0.5, 0.6) is 0 Å². The largest absolute Gasteiger partial charge is 0.481 e. The highest BCUT2D eigenvalue weighted by molar-refractivity contribution is 5.78. The van der Waals surface area contributed by atoms with E-state index in [0.717, 1.165) is 0 Å². The van der Waals surface area contributed by atoms with Crippen LogP contribution in [0, 0.1) is 23.7 Å². The van der Waals surface area contributed by atoms with Gasteiger partial charge in [0.15, 0.2) is 5.41 Å². The molecule has 1 saturated heterocycles. The SMILES string of the molecule is Cc1nn(C)c(N2CCC(C(=O)O)(C(F)(F)F)C2)c1C#N. The summed E-state index contributed by atoms with van der Waals surface area (Å²) in [5.41, 5.74) is -2.24. The molecule has 9 heteroatoms. The lowest BCUT2D eigenvalue weighted by atomic mass is 9.86. The van der Waals surface area contributed by atoms with Crippen LogP contribution in [0.4, 0.5) is 19.0 Å².